The Hall–Kier alpha value is 0.180. The molecule has 0 aliphatic heterocycles. The van der Waals surface area contributed by atoms with E-state index < -0.39 is 32.2 Å². The molecule has 0 fully saturated rings. The van der Waals surface area contributed by atoms with E-state index in [1.54, 1.807) is 0 Å². The summed E-state index contributed by atoms with van der Waals surface area (Å²) in [5, 5.41) is 0. The van der Waals surface area contributed by atoms with Crippen LogP contribution in [0.1, 0.15) is 6.42 Å². The second-order valence-corrected chi connectivity index (χ2v) is 3.25. The van der Waals surface area contributed by atoms with Crippen LogP contribution in [0.15, 0.2) is 0 Å². The summed E-state index contributed by atoms with van der Waals surface area (Å²) in [6, 6.07) is 0. The van der Waals surface area contributed by atoms with Gasteiger partial charge in [-0.15, -0.1) is 13.6 Å². The Morgan fingerprint density at radius 2 is 1.69 bits per heavy atom. The van der Waals surface area contributed by atoms with Crippen LogP contribution in [0.3, 0.4) is 0 Å². The molecule has 0 amide bonds. The number of hydrogen-bond donors (Lipinski definition) is 0. The van der Waals surface area contributed by atoms with Crippen molar-refractivity contribution < 1.29 is 27.3 Å². The zero-order valence-electron chi connectivity index (χ0n) is 6.65. The van der Waals surface area contributed by atoms with Crippen molar-refractivity contribution in [3.05, 3.63) is 0 Å². The third-order valence-corrected chi connectivity index (χ3v) is 2.18. The average Bonchev–Trinajstić information content (AvgIpc) is 2.14. The lowest BCUT2D eigenvalue weighted by molar-refractivity contribution is 0.126. The quantitative estimate of drug-likeness (QED) is 0.455. The van der Waals surface area contributed by atoms with Crippen molar-refractivity contribution in [2.24, 2.45) is 0 Å². The van der Waals surface area contributed by atoms with Gasteiger partial charge in [-0.2, -0.15) is 0 Å². The molecule has 6 nitrogen and oxygen atoms in total. The average molecular weight is 247 g/mol. The van der Waals surface area contributed by atoms with Crippen LogP contribution in [-0.2, 0) is 27.3 Å². The highest BCUT2D eigenvalue weighted by atomic mass is 31.1. The lowest BCUT2D eigenvalue weighted by atomic mass is 10.3. The summed E-state index contributed by atoms with van der Waals surface area (Å²) in [7, 11) is -2.59. The monoisotopic (exact) mass is 247 g/mol. The second-order valence-electron chi connectivity index (χ2n) is 1.94. The molecule has 4 atom stereocenters. The molecule has 0 spiro atoms. The van der Waals surface area contributed by atoms with Crippen LogP contribution in [0.2, 0.25) is 0 Å². The summed E-state index contributed by atoms with van der Waals surface area (Å²) >= 11 is 0. The van der Waals surface area contributed by atoms with Gasteiger partial charge < -0.3 is 0 Å². The minimum Gasteiger partial charge on any atom is -0.148 e. The first-order valence-electron chi connectivity index (χ1n) is 3.35. The largest absolute Gasteiger partial charge is 0.494 e. The molecule has 0 saturated heterocycles. The molecule has 0 rings (SSSR count). The molecule has 0 aliphatic carbocycles. The van der Waals surface area contributed by atoms with E-state index in [9.17, 15) is 13.7 Å². The molecule has 9 heteroatoms. The molecule has 0 aromatic heterocycles. The van der Waals surface area contributed by atoms with E-state index in [1.807, 2.05) is 0 Å². The van der Waals surface area contributed by atoms with E-state index in [0.717, 1.165) is 0 Å². The molecule has 0 heterocycles. The van der Waals surface area contributed by atoms with Gasteiger partial charge in [0.2, 0.25) is 0 Å². The Bertz CT molecular complexity index is 164. The Morgan fingerprint density at radius 3 is 2.23 bits per heavy atom. The van der Waals surface area contributed by atoms with Gasteiger partial charge in [-0.25, -0.2) is 0 Å². The van der Waals surface area contributed by atoms with E-state index >= 15 is 0 Å². The third-order valence-electron chi connectivity index (χ3n) is 1.14. The molecule has 0 aromatic rings. The maximum Gasteiger partial charge on any atom is 0.494 e. The zero-order chi connectivity index (χ0) is 9.94. The van der Waals surface area contributed by atoms with Gasteiger partial charge in [0, 0.05) is 6.42 Å². The van der Waals surface area contributed by atoms with Gasteiger partial charge in [-0.05, 0) is 13.7 Å². The van der Waals surface area contributed by atoms with Crippen LogP contribution in [0, 0.1) is 0 Å². The summed E-state index contributed by atoms with van der Waals surface area (Å²) in [6.45, 7) is 0.310. The lowest BCUT2D eigenvalue weighted by Gasteiger charge is -2.01. The van der Waals surface area contributed by atoms with Crippen LogP contribution in [0.4, 0.5) is 0 Å². The maximum absolute atomic E-state index is 10.1. The fraction of sp³-hybridized carbons (Fsp3) is 1.00. The standard InChI is InChI=1S/C4H10O6P3/c5-11-8-2-1-4(10-13-7)3-9-12-6/h4,11-13H,1-3H2/q+3. The Kier molecular flexibility index (Phi) is 10.4. The summed E-state index contributed by atoms with van der Waals surface area (Å²) in [6.07, 6.45) is -0.0387. The van der Waals surface area contributed by atoms with Crippen molar-refractivity contribution in [2.75, 3.05) is 13.2 Å². The van der Waals surface area contributed by atoms with Gasteiger partial charge in [0.05, 0.1) is 0 Å². The minimum atomic E-state index is -0.899. The first kappa shape index (κ1) is 13.2. The molecule has 0 N–H and O–H groups in total. The van der Waals surface area contributed by atoms with E-state index in [1.165, 1.54) is 0 Å². The fourth-order valence-corrected chi connectivity index (χ4v) is 1.38. The van der Waals surface area contributed by atoms with E-state index in [4.69, 9.17) is 4.52 Å². The predicted octanol–water partition coefficient (Wildman–Crippen LogP) is 1.61. The first-order valence-corrected chi connectivity index (χ1v) is 5.80. The second kappa shape index (κ2) is 10.3. The molecule has 0 aliphatic rings. The van der Waals surface area contributed by atoms with Crippen molar-refractivity contribution in [3.63, 3.8) is 0 Å². The Labute approximate surface area is 79.8 Å². The first-order chi connectivity index (χ1) is 6.35. The molecular weight excluding hydrogens is 237 g/mol. The fourth-order valence-electron chi connectivity index (χ4n) is 0.603. The van der Waals surface area contributed by atoms with Gasteiger partial charge in [0.25, 0.3) is 0 Å². The van der Waals surface area contributed by atoms with Crippen LogP contribution in [0.25, 0.3) is 0 Å². The van der Waals surface area contributed by atoms with Crippen LogP contribution < -0.4 is 0 Å². The Morgan fingerprint density at radius 1 is 1.00 bits per heavy atom. The highest BCUT2D eigenvalue weighted by Crippen LogP contribution is 2.11. The maximum atomic E-state index is 10.1. The zero-order valence-corrected chi connectivity index (χ0v) is 9.65. The summed E-state index contributed by atoms with van der Waals surface area (Å²) in [5.41, 5.74) is 0. The summed E-state index contributed by atoms with van der Waals surface area (Å²) in [4.78, 5) is 0. The highest BCUT2D eigenvalue weighted by molar-refractivity contribution is 7.17. The van der Waals surface area contributed by atoms with Crippen molar-refractivity contribution >= 4 is 26.1 Å². The molecular formula is C4H10O6P3+3. The van der Waals surface area contributed by atoms with Gasteiger partial charge in [-0.3, -0.25) is 0 Å². The Balaban J connectivity index is 3.57. The molecule has 0 saturated carbocycles. The van der Waals surface area contributed by atoms with Gasteiger partial charge in [-0.1, -0.05) is 0 Å². The highest BCUT2D eigenvalue weighted by Gasteiger charge is 2.17. The van der Waals surface area contributed by atoms with E-state index in [2.05, 4.69) is 9.05 Å². The predicted molar refractivity (Wildman–Crippen MR) is 48.4 cm³/mol. The van der Waals surface area contributed by atoms with Crippen molar-refractivity contribution in [2.45, 2.75) is 12.5 Å². The SMILES string of the molecule is O=[PH+]OCCC(CO[PH+]=O)O[PH+]=O. The van der Waals surface area contributed by atoms with Crippen LogP contribution >= 0.6 is 26.1 Å². The van der Waals surface area contributed by atoms with Crippen molar-refractivity contribution in [1.82, 2.24) is 0 Å². The summed E-state index contributed by atoms with van der Waals surface area (Å²) in [5.74, 6) is 0. The number of hydrogen-bond acceptors (Lipinski definition) is 6. The molecule has 0 aromatic carbocycles. The van der Waals surface area contributed by atoms with Gasteiger partial charge >= 0.3 is 26.1 Å². The topological polar surface area (TPSA) is 78.9 Å². The normalized spacial score (nSPS) is 13.8. The molecule has 74 valence electrons. The van der Waals surface area contributed by atoms with Crippen molar-refractivity contribution in [1.29, 1.82) is 0 Å². The lowest BCUT2D eigenvalue weighted by Crippen LogP contribution is -2.15. The van der Waals surface area contributed by atoms with Crippen LogP contribution in [-0.4, -0.2) is 19.3 Å². The molecule has 4 unspecified atom stereocenters. The smallest absolute Gasteiger partial charge is 0.148 e. The molecule has 13 heavy (non-hydrogen) atoms. The van der Waals surface area contributed by atoms with E-state index in [-0.39, 0.29) is 13.2 Å². The van der Waals surface area contributed by atoms with Crippen LogP contribution in [0.5, 0.6) is 0 Å². The van der Waals surface area contributed by atoms with Crippen molar-refractivity contribution in [3.8, 4) is 0 Å². The van der Waals surface area contributed by atoms with E-state index in [0.29, 0.717) is 6.42 Å². The summed E-state index contributed by atoms with van der Waals surface area (Å²) < 4.78 is 43.8. The molecule has 0 bridgehead atoms. The molecule has 0 radical (unpaired) electrons. The van der Waals surface area contributed by atoms with Gasteiger partial charge in [0.1, 0.15) is 19.3 Å². The number of rotatable bonds is 9. The third kappa shape index (κ3) is 8.51. The van der Waals surface area contributed by atoms with Gasteiger partial charge in [0.15, 0.2) is 0 Å². The minimum absolute atomic E-state index is 0.0858.